The number of pyridine rings is 1. The molecule has 0 saturated carbocycles. The minimum Gasteiger partial charge on any atom is -0.378 e. The average Bonchev–Trinajstić information content (AvgIpc) is 3.05. The summed E-state index contributed by atoms with van der Waals surface area (Å²) in [5.74, 6) is -0.269. The molecule has 22 heavy (non-hydrogen) atoms. The minimum absolute atomic E-state index is 0.269. The van der Waals surface area contributed by atoms with Crippen molar-refractivity contribution in [1.29, 1.82) is 0 Å². The monoisotopic (exact) mass is 316 g/mol. The van der Waals surface area contributed by atoms with Crippen LogP contribution < -0.4 is 10.3 Å². The number of anilines is 1. The summed E-state index contributed by atoms with van der Waals surface area (Å²) in [5, 5.41) is 5.19. The molecule has 1 aliphatic heterocycles. The lowest BCUT2D eigenvalue weighted by Gasteiger charge is -2.27. The molecule has 1 N–H and O–H groups in total. The summed E-state index contributed by atoms with van der Waals surface area (Å²) < 4.78 is 5.35. The molecule has 3 heterocycles. The van der Waals surface area contributed by atoms with Gasteiger partial charge in [0.25, 0.3) is 5.91 Å². The second-order valence-electron chi connectivity index (χ2n) is 4.72. The molecule has 0 spiro atoms. The largest absolute Gasteiger partial charge is 0.378 e. The van der Waals surface area contributed by atoms with Crippen LogP contribution >= 0.6 is 11.3 Å². The standard InChI is InChI=1S/C15H16N4O2S/c20-15(12-2-1-5-16-10-12)18-17-11-13-3-4-14(22-13)19-6-8-21-9-7-19/h1-5,10-11H,6-9H2,(H,18,20)/b17-11-. The second-order valence-corrected chi connectivity index (χ2v) is 5.81. The van der Waals surface area contributed by atoms with Crippen LogP contribution in [0.4, 0.5) is 5.00 Å². The van der Waals surface area contributed by atoms with Crippen molar-refractivity contribution in [2.45, 2.75) is 0 Å². The van der Waals surface area contributed by atoms with Gasteiger partial charge in [-0.1, -0.05) is 0 Å². The number of amides is 1. The third kappa shape index (κ3) is 3.69. The third-order valence-corrected chi connectivity index (χ3v) is 4.30. The number of hydrazone groups is 1. The van der Waals surface area contributed by atoms with Crippen molar-refractivity contribution in [2.24, 2.45) is 5.10 Å². The third-order valence-electron chi connectivity index (χ3n) is 3.22. The van der Waals surface area contributed by atoms with E-state index in [-0.39, 0.29) is 5.91 Å². The maximum Gasteiger partial charge on any atom is 0.272 e. The number of nitrogens with zero attached hydrogens (tertiary/aromatic N) is 3. The summed E-state index contributed by atoms with van der Waals surface area (Å²) in [6.45, 7) is 3.36. The van der Waals surface area contributed by atoms with Gasteiger partial charge in [-0.15, -0.1) is 11.3 Å². The summed E-state index contributed by atoms with van der Waals surface area (Å²) in [6, 6.07) is 7.47. The topological polar surface area (TPSA) is 66.8 Å². The first-order valence-electron chi connectivity index (χ1n) is 6.99. The number of carbonyl (C=O) groups excluding carboxylic acids is 1. The Balaban J connectivity index is 1.57. The number of morpholine rings is 1. The van der Waals surface area contributed by atoms with Crippen LogP contribution in [0.1, 0.15) is 15.2 Å². The molecular formula is C15H16N4O2S. The summed E-state index contributed by atoms with van der Waals surface area (Å²) in [7, 11) is 0. The van der Waals surface area contributed by atoms with Crippen LogP contribution in [-0.4, -0.2) is 43.4 Å². The quantitative estimate of drug-likeness (QED) is 0.689. The van der Waals surface area contributed by atoms with E-state index >= 15 is 0 Å². The molecule has 0 atom stereocenters. The van der Waals surface area contributed by atoms with Crippen LogP contribution in [0, 0.1) is 0 Å². The zero-order valence-electron chi connectivity index (χ0n) is 11.9. The molecule has 1 fully saturated rings. The predicted molar refractivity (Wildman–Crippen MR) is 86.6 cm³/mol. The molecule has 6 nitrogen and oxygen atoms in total. The lowest BCUT2D eigenvalue weighted by atomic mass is 10.3. The van der Waals surface area contributed by atoms with Gasteiger partial charge in [0.15, 0.2) is 0 Å². The fourth-order valence-corrected chi connectivity index (χ4v) is 3.01. The first-order chi connectivity index (χ1) is 10.8. The van der Waals surface area contributed by atoms with E-state index < -0.39 is 0 Å². The fourth-order valence-electron chi connectivity index (χ4n) is 2.08. The molecule has 0 aliphatic carbocycles. The van der Waals surface area contributed by atoms with Gasteiger partial charge in [0.1, 0.15) is 0 Å². The number of hydrogen-bond acceptors (Lipinski definition) is 6. The zero-order valence-corrected chi connectivity index (χ0v) is 12.8. The average molecular weight is 316 g/mol. The summed E-state index contributed by atoms with van der Waals surface area (Å²) >= 11 is 1.64. The van der Waals surface area contributed by atoms with Gasteiger partial charge >= 0.3 is 0 Å². The Labute approximate surface area is 132 Å². The van der Waals surface area contributed by atoms with Crippen molar-refractivity contribution in [1.82, 2.24) is 10.4 Å². The highest BCUT2D eigenvalue weighted by atomic mass is 32.1. The number of thiophene rings is 1. The van der Waals surface area contributed by atoms with Crippen molar-refractivity contribution < 1.29 is 9.53 Å². The van der Waals surface area contributed by atoms with Crippen molar-refractivity contribution in [3.05, 3.63) is 47.1 Å². The Bertz CT molecular complexity index is 651. The Hall–Kier alpha value is -2.25. The van der Waals surface area contributed by atoms with Crippen LogP contribution in [0.5, 0.6) is 0 Å². The fraction of sp³-hybridized carbons (Fsp3) is 0.267. The molecule has 114 valence electrons. The van der Waals surface area contributed by atoms with Gasteiger partial charge in [-0.05, 0) is 24.3 Å². The van der Waals surface area contributed by atoms with Crippen LogP contribution in [0.2, 0.25) is 0 Å². The van der Waals surface area contributed by atoms with Gasteiger partial charge in [-0.2, -0.15) is 5.10 Å². The molecule has 0 unspecified atom stereocenters. The number of ether oxygens (including phenoxy) is 1. The molecule has 7 heteroatoms. The van der Waals surface area contributed by atoms with E-state index in [2.05, 4.69) is 26.5 Å². The molecule has 0 radical (unpaired) electrons. The van der Waals surface area contributed by atoms with Gasteiger partial charge in [0, 0.05) is 30.4 Å². The smallest absolute Gasteiger partial charge is 0.272 e. The van der Waals surface area contributed by atoms with Gasteiger partial charge in [0.05, 0.1) is 30.0 Å². The van der Waals surface area contributed by atoms with Crippen molar-refractivity contribution >= 4 is 28.5 Å². The maximum atomic E-state index is 11.8. The van der Waals surface area contributed by atoms with Crippen molar-refractivity contribution in [2.75, 3.05) is 31.2 Å². The Morgan fingerprint density at radius 3 is 3.00 bits per heavy atom. The first kappa shape index (κ1) is 14.7. The van der Waals surface area contributed by atoms with Crippen LogP contribution in [-0.2, 0) is 4.74 Å². The number of hydrogen-bond donors (Lipinski definition) is 1. The Morgan fingerprint density at radius 1 is 1.36 bits per heavy atom. The highest BCUT2D eigenvalue weighted by molar-refractivity contribution is 7.17. The predicted octanol–water partition coefficient (Wildman–Crippen LogP) is 1.74. The van der Waals surface area contributed by atoms with Gasteiger partial charge < -0.3 is 9.64 Å². The van der Waals surface area contributed by atoms with E-state index in [1.165, 1.54) is 11.2 Å². The number of carbonyl (C=O) groups is 1. The van der Waals surface area contributed by atoms with Crippen LogP contribution in [0.3, 0.4) is 0 Å². The molecule has 1 aliphatic rings. The maximum absolute atomic E-state index is 11.8. The van der Waals surface area contributed by atoms with E-state index in [0.29, 0.717) is 5.56 Å². The number of aromatic nitrogens is 1. The lowest BCUT2D eigenvalue weighted by molar-refractivity contribution is 0.0955. The van der Waals surface area contributed by atoms with E-state index in [1.807, 2.05) is 6.07 Å². The summed E-state index contributed by atoms with van der Waals surface area (Å²) in [4.78, 5) is 19.0. The Morgan fingerprint density at radius 2 is 2.23 bits per heavy atom. The van der Waals surface area contributed by atoms with E-state index in [4.69, 9.17) is 4.74 Å². The molecule has 2 aromatic rings. The molecule has 0 aromatic carbocycles. The Kier molecular flexibility index (Phi) is 4.77. The molecule has 0 bridgehead atoms. The van der Waals surface area contributed by atoms with Gasteiger partial charge in [-0.3, -0.25) is 9.78 Å². The molecule has 2 aromatic heterocycles. The van der Waals surface area contributed by atoms with E-state index in [9.17, 15) is 4.79 Å². The highest BCUT2D eigenvalue weighted by Gasteiger charge is 2.12. The highest BCUT2D eigenvalue weighted by Crippen LogP contribution is 2.25. The van der Waals surface area contributed by atoms with Gasteiger partial charge in [0.2, 0.25) is 0 Å². The van der Waals surface area contributed by atoms with E-state index in [1.54, 1.807) is 35.9 Å². The van der Waals surface area contributed by atoms with Gasteiger partial charge in [-0.25, -0.2) is 5.43 Å². The van der Waals surface area contributed by atoms with Crippen molar-refractivity contribution in [3.8, 4) is 0 Å². The lowest BCUT2D eigenvalue weighted by Crippen LogP contribution is -2.35. The molecule has 1 saturated heterocycles. The normalized spacial score (nSPS) is 15.2. The SMILES string of the molecule is O=C(N/N=C\c1ccc(N2CCOCC2)s1)c1cccnc1. The summed E-state index contributed by atoms with van der Waals surface area (Å²) in [6.07, 6.45) is 4.79. The zero-order chi connectivity index (χ0) is 15.2. The van der Waals surface area contributed by atoms with E-state index in [0.717, 1.165) is 31.2 Å². The van der Waals surface area contributed by atoms with Crippen molar-refractivity contribution in [3.63, 3.8) is 0 Å². The van der Waals surface area contributed by atoms with Crippen LogP contribution in [0.15, 0.2) is 41.8 Å². The first-order valence-corrected chi connectivity index (χ1v) is 7.80. The second kappa shape index (κ2) is 7.15. The number of nitrogens with one attached hydrogen (secondary N) is 1. The number of rotatable bonds is 4. The minimum atomic E-state index is -0.269. The summed E-state index contributed by atoms with van der Waals surface area (Å²) in [5.41, 5.74) is 2.99. The van der Waals surface area contributed by atoms with Crippen LogP contribution in [0.25, 0.3) is 0 Å². The molecule has 1 amide bonds. The molecule has 3 rings (SSSR count). The molecular weight excluding hydrogens is 300 g/mol.